The molecule has 3 atom stereocenters. The molecule has 1 saturated heterocycles. The van der Waals surface area contributed by atoms with Crippen LogP contribution < -0.4 is 0 Å². The molecule has 1 aliphatic rings. The molecule has 4 nitrogen and oxygen atoms in total. The molecule has 0 radical (unpaired) electrons. The first-order valence-corrected chi connectivity index (χ1v) is 7.41. The molecule has 0 aliphatic carbocycles. The van der Waals surface area contributed by atoms with Crippen LogP contribution in [0.1, 0.15) is 6.42 Å². The summed E-state index contributed by atoms with van der Waals surface area (Å²) >= 11 is 0. The Bertz CT molecular complexity index is 207. The molecule has 11 heavy (non-hydrogen) atoms. The fourth-order valence-corrected chi connectivity index (χ4v) is 3.47. The molecule has 0 aromatic carbocycles. The number of β-lactam (4-membered cyclic amide) rings is 1. The topological polar surface area (TPSA) is 57.6 Å². The normalized spacial score (nSPS) is 23.7. The summed E-state index contributed by atoms with van der Waals surface area (Å²) in [4.78, 5) is 21.3. The van der Waals surface area contributed by atoms with Gasteiger partial charge in [0.25, 0.3) is 0 Å². The van der Waals surface area contributed by atoms with Crippen LogP contribution in [0, 0.1) is 0 Å². The lowest BCUT2D eigenvalue weighted by molar-refractivity contribution is -0.154. The number of amides is 1. The Hall–Kier alpha value is 0.230. The third-order valence-electron chi connectivity index (χ3n) is 1.45. The van der Waals surface area contributed by atoms with Crippen LogP contribution in [-0.2, 0) is 9.59 Å². The number of hydrogen-bond donors (Lipinski definition) is 1. The third-order valence-corrected chi connectivity index (χ3v) is 3.94. The van der Waals surface area contributed by atoms with Crippen LogP contribution in [0.3, 0.4) is 0 Å². The smallest absolute Gasteiger partial charge is 0.327 e. The maximum absolute atomic E-state index is 10.8. The Kier molecular flexibility index (Phi) is 2.80. The Labute approximate surface area is 69.7 Å². The summed E-state index contributed by atoms with van der Waals surface area (Å²) in [5, 5.41) is 8.57. The van der Waals surface area contributed by atoms with Crippen molar-refractivity contribution in [2.45, 2.75) is 12.5 Å². The van der Waals surface area contributed by atoms with Gasteiger partial charge in [0.05, 0.1) is 6.42 Å². The number of carbonyl (C=O) groups excluding carboxylic acids is 1. The van der Waals surface area contributed by atoms with Crippen LogP contribution >= 0.6 is 25.3 Å². The van der Waals surface area contributed by atoms with Gasteiger partial charge in [0.1, 0.15) is 6.04 Å². The first-order valence-electron chi connectivity index (χ1n) is 2.88. The quantitative estimate of drug-likeness (QED) is 0.538. The second-order valence-electron chi connectivity index (χ2n) is 2.18. The van der Waals surface area contributed by atoms with E-state index in [4.69, 9.17) is 5.11 Å². The van der Waals surface area contributed by atoms with Crippen molar-refractivity contribution in [1.29, 1.82) is 0 Å². The van der Waals surface area contributed by atoms with Gasteiger partial charge >= 0.3 is 5.97 Å². The summed E-state index contributed by atoms with van der Waals surface area (Å²) in [7, 11) is 4.11. The van der Waals surface area contributed by atoms with E-state index in [9.17, 15) is 9.59 Å². The van der Waals surface area contributed by atoms with Crippen LogP contribution in [0.15, 0.2) is 0 Å². The van der Waals surface area contributed by atoms with Gasteiger partial charge in [-0.15, -0.1) is 0 Å². The molecule has 1 aliphatic heterocycles. The van der Waals surface area contributed by atoms with E-state index in [1.54, 1.807) is 0 Å². The van der Waals surface area contributed by atoms with E-state index >= 15 is 0 Å². The first-order chi connectivity index (χ1) is 5.04. The second kappa shape index (κ2) is 3.31. The molecule has 1 amide bonds. The molecule has 3 unspecified atom stereocenters. The average molecular weight is 211 g/mol. The minimum Gasteiger partial charge on any atom is -0.480 e. The van der Waals surface area contributed by atoms with Crippen molar-refractivity contribution >= 4 is 37.2 Å². The Morgan fingerprint density at radius 1 is 1.73 bits per heavy atom. The summed E-state index contributed by atoms with van der Waals surface area (Å²) < 4.78 is 1.38. The fraction of sp³-hybridized carbons (Fsp3) is 0.500. The van der Waals surface area contributed by atoms with Gasteiger partial charge in [-0.3, -0.25) is 4.79 Å². The zero-order valence-corrected chi connectivity index (χ0v) is 8.80. The molecule has 0 aromatic rings. The molecule has 1 N–H and O–H groups in total. The minimum atomic E-state index is -0.915. The van der Waals surface area contributed by atoms with Crippen molar-refractivity contribution in [3.8, 4) is 0 Å². The van der Waals surface area contributed by atoms with Gasteiger partial charge in [0, 0.05) is 7.45 Å². The molecule has 7 heteroatoms. The lowest BCUT2D eigenvalue weighted by Crippen LogP contribution is -2.52. The highest BCUT2D eigenvalue weighted by atomic mass is 32.4. The van der Waals surface area contributed by atoms with Crippen molar-refractivity contribution < 1.29 is 14.7 Å². The van der Waals surface area contributed by atoms with Crippen LogP contribution in [0.25, 0.3) is 0 Å². The van der Waals surface area contributed by atoms with E-state index in [1.807, 2.05) is 0 Å². The molecule has 0 aromatic heterocycles. The zero-order valence-electron chi connectivity index (χ0n) is 5.60. The van der Waals surface area contributed by atoms with Crippen molar-refractivity contribution in [1.82, 2.24) is 4.67 Å². The van der Waals surface area contributed by atoms with Crippen LogP contribution in [0.4, 0.5) is 0 Å². The Balaban J connectivity index is 2.62. The highest BCUT2D eigenvalue weighted by Crippen LogP contribution is 2.60. The molecule has 0 spiro atoms. The van der Waals surface area contributed by atoms with E-state index in [2.05, 4.69) is 17.9 Å². The zero-order chi connectivity index (χ0) is 8.59. The van der Waals surface area contributed by atoms with E-state index < -0.39 is 19.5 Å². The van der Waals surface area contributed by atoms with Gasteiger partial charge in [-0.2, -0.15) is 0 Å². The molecule has 62 valence electrons. The highest BCUT2D eigenvalue weighted by molar-refractivity contribution is 8.42. The van der Waals surface area contributed by atoms with Gasteiger partial charge in [-0.1, -0.05) is 17.9 Å². The summed E-state index contributed by atoms with van der Waals surface area (Å²) in [6.07, 6.45) is 0.150. The lowest BCUT2D eigenvalue weighted by atomic mass is 10.1. The number of rotatable bonds is 2. The van der Waals surface area contributed by atoms with E-state index in [-0.39, 0.29) is 12.3 Å². The minimum absolute atomic E-state index is 0.0755. The average Bonchev–Trinajstić information content (AvgIpc) is 1.80. The number of nitrogens with zero attached hydrogens (tertiary/aromatic N) is 1. The van der Waals surface area contributed by atoms with Crippen molar-refractivity contribution in [2.24, 2.45) is 0 Å². The second-order valence-corrected chi connectivity index (χ2v) is 8.33. The number of carbonyl (C=O) groups is 2. The van der Waals surface area contributed by atoms with Gasteiger partial charge < -0.3 is 9.78 Å². The van der Waals surface area contributed by atoms with E-state index in [0.29, 0.717) is 0 Å². The summed E-state index contributed by atoms with van der Waals surface area (Å²) in [5.74, 6) is -0.990. The predicted octanol–water partition coefficient (Wildman–Crippen LogP) is 0.649. The lowest BCUT2D eigenvalue weighted by Gasteiger charge is -2.39. The predicted molar refractivity (Wildman–Crippen MR) is 49.2 cm³/mol. The number of hydrogen-bond acceptors (Lipinski definition) is 2. The van der Waals surface area contributed by atoms with Gasteiger partial charge in [-0.05, 0) is 0 Å². The largest absolute Gasteiger partial charge is 0.480 e. The SMILES string of the molecule is O=C(O)C1CC(=O)N1P(P)P. The van der Waals surface area contributed by atoms with Gasteiger partial charge in [-0.25, -0.2) is 4.79 Å². The molecule has 1 rings (SSSR count). The number of carboxylic acids is 1. The maximum atomic E-state index is 10.8. The van der Waals surface area contributed by atoms with Crippen molar-refractivity contribution in [2.75, 3.05) is 0 Å². The van der Waals surface area contributed by atoms with Gasteiger partial charge in [0.2, 0.25) is 5.91 Å². The molecule has 1 heterocycles. The molecule has 0 bridgehead atoms. The summed E-state index contributed by atoms with van der Waals surface area (Å²) in [5.41, 5.74) is 0. The fourth-order valence-electron chi connectivity index (χ4n) is 0.888. The molecular formula is C4H8NO3P3. The monoisotopic (exact) mass is 211 g/mol. The maximum Gasteiger partial charge on any atom is 0.327 e. The molecule has 0 saturated carbocycles. The first kappa shape index (κ1) is 9.32. The van der Waals surface area contributed by atoms with Crippen LogP contribution in [0.5, 0.6) is 0 Å². The molecule has 1 fully saturated rings. The van der Waals surface area contributed by atoms with Crippen LogP contribution in [0.2, 0.25) is 0 Å². The Morgan fingerprint density at radius 2 is 2.27 bits per heavy atom. The molecular weight excluding hydrogens is 203 g/mol. The summed E-state index contributed by atoms with van der Waals surface area (Å²) in [6.45, 7) is 0. The van der Waals surface area contributed by atoms with E-state index in [0.717, 1.165) is 0 Å². The van der Waals surface area contributed by atoms with Crippen molar-refractivity contribution in [3.05, 3.63) is 0 Å². The summed E-state index contributed by atoms with van der Waals surface area (Å²) in [6, 6.07) is -0.594. The van der Waals surface area contributed by atoms with Crippen LogP contribution in [-0.4, -0.2) is 27.7 Å². The Morgan fingerprint density at radius 3 is 2.45 bits per heavy atom. The van der Waals surface area contributed by atoms with Crippen molar-refractivity contribution in [3.63, 3.8) is 0 Å². The third kappa shape index (κ3) is 1.69. The highest BCUT2D eigenvalue weighted by Gasteiger charge is 2.42. The van der Waals surface area contributed by atoms with E-state index in [1.165, 1.54) is 4.67 Å². The number of carboxylic acid groups (broad SMARTS) is 1. The standard InChI is InChI=1S/C4H8NO3P3/c6-3-1-2(4(7)8)5(3)11(9)10/h2H,1,9-10H2,(H,7,8). The number of aliphatic carboxylic acids is 1. The van der Waals surface area contributed by atoms with Gasteiger partial charge in [0.15, 0.2) is 0 Å².